The summed E-state index contributed by atoms with van der Waals surface area (Å²) in [6.45, 7) is 7.74. The Labute approximate surface area is 225 Å². The van der Waals surface area contributed by atoms with E-state index in [1.807, 2.05) is 54.8 Å². The van der Waals surface area contributed by atoms with Crippen molar-refractivity contribution in [1.29, 1.82) is 0 Å². The molecule has 4 heterocycles. The van der Waals surface area contributed by atoms with Crippen molar-refractivity contribution in [2.45, 2.75) is 39.3 Å². The third-order valence-electron chi connectivity index (χ3n) is 7.38. The van der Waals surface area contributed by atoms with Gasteiger partial charge in [0, 0.05) is 40.7 Å². The van der Waals surface area contributed by atoms with Crippen LogP contribution in [-0.4, -0.2) is 87.0 Å². The van der Waals surface area contributed by atoms with Crippen molar-refractivity contribution in [1.82, 2.24) is 24.6 Å². The first-order valence-electron chi connectivity index (χ1n) is 12.7. The fourth-order valence-electron chi connectivity index (χ4n) is 5.06. The predicted octanol–water partition coefficient (Wildman–Crippen LogP) is 2.58. The van der Waals surface area contributed by atoms with E-state index in [1.54, 1.807) is 16.2 Å². The van der Waals surface area contributed by atoms with Crippen molar-refractivity contribution in [2.75, 3.05) is 33.7 Å². The number of rotatable bonds is 7. The lowest BCUT2D eigenvalue weighted by Crippen LogP contribution is -2.57. The molecule has 0 saturated carbocycles. The minimum absolute atomic E-state index is 0.0396. The van der Waals surface area contributed by atoms with Crippen LogP contribution in [-0.2, 0) is 4.79 Å². The van der Waals surface area contributed by atoms with Gasteiger partial charge in [-0.25, -0.2) is 0 Å². The van der Waals surface area contributed by atoms with Crippen molar-refractivity contribution in [3.63, 3.8) is 0 Å². The number of carboxylic acid groups (broad SMARTS) is 1. The summed E-state index contributed by atoms with van der Waals surface area (Å²) in [5.74, 6) is -0.527. The molecule has 1 amide bonds. The van der Waals surface area contributed by atoms with Gasteiger partial charge in [-0.1, -0.05) is 12.1 Å². The number of thiophene rings is 1. The average Bonchev–Trinajstić information content (AvgIpc) is 3.32. The largest absolute Gasteiger partial charge is 0.481 e. The molecule has 1 saturated heterocycles. The number of aryl methyl sites for hydroxylation is 2. The molecule has 3 N–H and O–H groups in total. The Hall–Kier alpha value is -3.41. The van der Waals surface area contributed by atoms with Gasteiger partial charge in [-0.15, -0.1) is 21.5 Å². The lowest BCUT2D eigenvalue weighted by atomic mass is 9.94. The van der Waals surface area contributed by atoms with Gasteiger partial charge in [0.05, 0.1) is 11.6 Å². The number of likely N-dealkylation sites (tertiary alicyclic amines) is 1. The summed E-state index contributed by atoms with van der Waals surface area (Å²) in [6.07, 6.45) is 0.409. The molecule has 1 aromatic carbocycles. The highest BCUT2D eigenvalue weighted by molar-refractivity contribution is 7.15. The monoisotopic (exact) mass is 535 g/mol. The van der Waals surface area contributed by atoms with Gasteiger partial charge in [0.15, 0.2) is 5.82 Å². The summed E-state index contributed by atoms with van der Waals surface area (Å²) in [5, 5.41) is 20.0. The number of aliphatic imine (C=N–C) groups is 1. The number of fused-ring (bicyclic) bond motifs is 3. The molecular weight excluding hydrogens is 502 g/mol. The van der Waals surface area contributed by atoms with Gasteiger partial charge in [-0.3, -0.25) is 19.1 Å². The molecule has 10 nitrogen and oxygen atoms in total. The number of carbonyl (C=O) groups is 2. The lowest BCUT2D eigenvalue weighted by Gasteiger charge is -2.36. The Morgan fingerprint density at radius 2 is 1.84 bits per heavy atom. The van der Waals surface area contributed by atoms with Crippen molar-refractivity contribution in [3.8, 4) is 5.00 Å². The van der Waals surface area contributed by atoms with E-state index in [0.717, 1.165) is 26.6 Å². The zero-order valence-electron chi connectivity index (χ0n) is 22.3. The first kappa shape index (κ1) is 26.2. The van der Waals surface area contributed by atoms with Gasteiger partial charge in [0.2, 0.25) is 0 Å². The Morgan fingerprint density at radius 3 is 2.45 bits per heavy atom. The number of amides is 1. The second kappa shape index (κ2) is 10.0. The van der Waals surface area contributed by atoms with E-state index in [9.17, 15) is 14.7 Å². The smallest absolute Gasteiger partial charge is 0.309 e. The first-order valence-corrected chi connectivity index (χ1v) is 13.5. The molecule has 200 valence electrons. The van der Waals surface area contributed by atoms with E-state index < -0.39 is 17.9 Å². The summed E-state index contributed by atoms with van der Waals surface area (Å²) in [7, 11) is 3.85. The van der Waals surface area contributed by atoms with Crippen molar-refractivity contribution in [3.05, 3.63) is 63.0 Å². The molecule has 38 heavy (non-hydrogen) atoms. The zero-order valence-corrected chi connectivity index (χ0v) is 23.1. The van der Waals surface area contributed by atoms with Crippen LogP contribution in [0.4, 0.5) is 0 Å². The highest BCUT2D eigenvalue weighted by Crippen LogP contribution is 2.41. The molecule has 2 atom stereocenters. The molecule has 0 bridgehead atoms. The predicted molar refractivity (Wildman–Crippen MR) is 146 cm³/mol. The van der Waals surface area contributed by atoms with Crippen LogP contribution in [0.15, 0.2) is 29.3 Å². The summed E-state index contributed by atoms with van der Waals surface area (Å²) in [4.78, 5) is 35.4. The molecule has 0 aliphatic carbocycles. The second-order valence-electron chi connectivity index (χ2n) is 10.4. The average molecular weight is 536 g/mol. The number of carboxylic acids is 1. The van der Waals surface area contributed by atoms with Crippen molar-refractivity contribution in [2.24, 2.45) is 16.6 Å². The third-order valence-corrected chi connectivity index (χ3v) is 8.57. The number of hydrogen-bond acceptors (Lipinski definition) is 8. The van der Waals surface area contributed by atoms with Crippen molar-refractivity contribution < 1.29 is 14.7 Å². The quantitative estimate of drug-likeness (QED) is 0.476. The number of benzene rings is 1. The Kier molecular flexibility index (Phi) is 6.93. The zero-order chi connectivity index (χ0) is 27.3. The Bertz CT molecular complexity index is 1420. The van der Waals surface area contributed by atoms with Gasteiger partial charge >= 0.3 is 5.97 Å². The molecule has 0 radical (unpaired) electrons. The molecule has 2 aliphatic heterocycles. The molecule has 5 rings (SSSR count). The first-order chi connectivity index (χ1) is 18.1. The topological polar surface area (TPSA) is 130 Å². The molecule has 2 aromatic heterocycles. The molecular formula is C27H33N7O3S. The van der Waals surface area contributed by atoms with Gasteiger partial charge in [0.1, 0.15) is 16.9 Å². The summed E-state index contributed by atoms with van der Waals surface area (Å²) >= 11 is 1.63. The van der Waals surface area contributed by atoms with E-state index in [4.69, 9.17) is 10.7 Å². The van der Waals surface area contributed by atoms with Gasteiger partial charge < -0.3 is 20.6 Å². The van der Waals surface area contributed by atoms with Crippen LogP contribution in [0.2, 0.25) is 0 Å². The highest BCUT2D eigenvalue weighted by Gasteiger charge is 2.38. The fraction of sp³-hybridized carbons (Fsp3) is 0.444. The summed E-state index contributed by atoms with van der Waals surface area (Å²) in [6, 6.07) is 6.72. The van der Waals surface area contributed by atoms with Gasteiger partial charge in [-0.05, 0) is 65.5 Å². The number of carbonyl (C=O) groups excluding carboxylic acids is 1. The number of nitrogens with two attached hydrogens (primary N) is 1. The van der Waals surface area contributed by atoms with Crippen LogP contribution in [0.1, 0.15) is 56.0 Å². The molecule has 1 fully saturated rings. The second-order valence-corrected chi connectivity index (χ2v) is 11.6. The summed E-state index contributed by atoms with van der Waals surface area (Å²) < 4.78 is 1.97. The number of nitrogens with zero attached hydrogens (tertiary/aromatic N) is 6. The Morgan fingerprint density at radius 1 is 1.16 bits per heavy atom. The molecule has 3 aromatic rings. The molecule has 1 unspecified atom stereocenters. The van der Waals surface area contributed by atoms with Crippen molar-refractivity contribution >= 4 is 28.9 Å². The highest BCUT2D eigenvalue weighted by atomic mass is 32.1. The molecule has 11 heteroatoms. The van der Waals surface area contributed by atoms with E-state index in [1.165, 1.54) is 0 Å². The number of hydrogen-bond donors (Lipinski definition) is 2. The van der Waals surface area contributed by atoms with Crippen LogP contribution in [0.5, 0.6) is 0 Å². The van der Waals surface area contributed by atoms with Crippen LogP contribution < -0.4 is 5.73 Å². The van der Waals surface area contributed by atoms with E-state index in [0.29, 0.717) is 49.0 Å². The SMILES string of the molecule is Cc1sc2c(c1C)C(c1ccc(C(=O)N3CC(N)C3)cc1)=NC([C@H](CCN(C)C)C(=O)O)c1nnc(C)n1-2. The summed E-state index contributed by atoms with van der Waals surface area (Å²) in [5.41, 5.74) is 10.00. The van der Waals surface area contributed by atoms with E-state index in [2.05, 4.69) is 24.0 Å². The van der Waals surface area contributed by atoms with Crippen LogP contribution in [0.25, 0.3) is 5.00 Å². The maximum Gasteiger partial charge on any atom is 0.309 e. The van der Waals surface area contributed by atoms with E-state index in [-0.39, 0.29) is 11.9 Å². The van der Waals surface area contributed by atoms with Crippen LogP contribution >= 0.6 is 11.3 Å². The lowest BCUT2D eigenvalue weighted by molar-refractivity contribution is -0.143. The fourth-order valence-corrected chi connectivity index (χ4v) is 6.28. The Balaban J connectivity index is 1.64. The minimum atomic E-state index is -0.918. The maximum atomic E-state index is 12.8. The molecule has 0 spiro atoms. The standard InChI is InChI=1S/C27H33N7O3S/c1-14-15(2)38-26-21(14)22(17-6-8-18(9-7-17)25(35)33-12-19(28)13-33)29-23(24-31-30-16(3)34(24)26)20(27(36)37)10-11-32(4)5/h6-9,19-20,23H,10-13,28H2,1-5H3,(H,36,37)/t20-,23?/m0/s1. The van der Waals surface area contributed by atoms with Gasteiger partial charge in [-0.2, -0.15) is 0 Å². The number of aliphatic carboxylic acids is 1. The minimum Gasteiger partial charge on any atom is -0.481 e. The third kappa shape index (κ3) is 4.55. The number of aromatic nitrogens is 3. The normalized spacial score (nSPS) is 17.9. The maximum absolute atomic E-state index is 12.8. The molecule has 2 aliphatic rings. The van der Waals surface area contributed by atoms with E-state index >= 15 is 0 Å². The van der Waals surface area contributed by atoms with Crippen LogP contribution in [0, 0.1) is 26.7 Å². The van der Waals surface area contributed by atoms with Crippen LogP contribution in [0.3, 0.4) is 0 Å². The van der Waals surface area contributed by atoms with Gasteiger partial charge in [0.25, 0.3) is 5.91 Å².